The topological polar surface area (TPSA) is 164 Å². The number of fused-ring (bicyclic) bond motifs is 6. The second-order valence-corrected chi connectivity index (χ2v) is 17.4. The Morgan fingerprint density at radius 1 is 0.966 bits per heavy atom. The quantitative estimate of drug-likeness (QED) is 0.142. The highest BCUT2D eigenvalue weighted by atomic mass is 16.6. The van der Waals surface area contributed by atoms with Gasteiger partial charge in [0.05, 0.1) is 48.7 Å². The molecule has 2 aromatic heterocycles. The van der Waals surface area contributed by atoms with E-state index in [0.717, 1.165) is 80.0 Å². The van der Waals surface area contributed by atoms with E-state index in [4.69, 9.17) is 28.9 Å². The van der Waals surface area contributed by atoms with Crippen molar-refractivity contribution in [2.45, 2.75) is 84.7 Å². The summed E-state index contributed by atoms with van der Waals surface area (Å²) in [4.78, 5) is 59.7. The lowest BCUT2D eigenvalue weighted by molar-refractivity contribution is -0.135. The van der Waals surface area contributed by atoms with Gasteiger partial charge in [0, 0.05) is 37.1 Å². The molecule has 1 unspecified atom stereocenters. The molecule has 3 aliphatic rings. The molecule has 0 aliphatic carbocycles. The van der Waals surface area contributed by atoms with Crippen LogP contribution in [0, 0.1) is 17.8 Å². The van der Waals surface area contributed by atoms with Gasteiger partial charge in [-0.25, -0.2) is 19.6 Å². The summed E-state index contributed by atoms with van der Waals surface area (Å²) in [6.45, 7) is 13.6. The Kier molecular flexibility index (Phi) is 10.3. The van der Waals surface area contributed by atoms with Gasteiger partial charge in [-0.05, 0) is 91.8 Å². The number of aromatic amines is 2. The van der Waals surface area contributed by atoms with Crippen LogP contribution in [0.5, 0.6) is 5.75 Å². The Hall–Kier alpha value is -5.63. The Morgan fingerprint density at radius 2 is 1.76 bits per heavy atom. The minimum Gasteiger partial charge on any atom is -0.488 e. The van der Waals surface area contributed by atoms with Gasteiger partial charge in [-0.15, -0.1) is 0 Å². The zero-order valence-corrected chi connectivity index (χ0v) is 34.5. The fourth-order valence-electron chi connectivity index (χ4n) is 8.78. The summed E-state index contributed by atoms with van der Waals surface area (Å²) < 4.78 is 22.4. The van der Waals surface area contributed by atoms with Crippen molar-refractivity contribution in [1.29, 1.82) is 0 Å². The number of methoxy groups -OCH3 is 2. The van der Waals surface area contributed by atoms with E-state index in [1.807, 2.05) is 51.8 Å². The summed E-state index contributed by atoms with van der Waals surface area (Å²) in [7, 11) is 2.98. The predicted octanol–water partition coefficient (Wildman–Crippen LogP) is 7.90. The lowest BCUT2D eigenvalue weighted by Gasteiger charge is -2.30. The number of nitrogens with one attached hydrogen (secondary N) is 3. The number of H-pyrrole nitrogens is 2. The van der Waals surface area contributed by atoms with Crippen LogP contribution >= 0.6 is 0 Å². The van der Waals surface area contributed by atoms with E-state index >= 15 is 0 Å². The van der Waals surface area contributed by atoms with Crippen LogP contribution in [-0.2, 0) is 25.6 Å². The lowest BCUT2D eigenvalue weighted by atomic mass is 9.92. The molecule has 2 fully saturated rings. The SMILES string of the molecule is COC[C@H]1C[C@@H](c2ncc(-c3ccc4c(c3)COc3cc5c(ccc6nc([C@@H]7C[C@H](C)CN7C(=O)C(NC(=O)OC)C(C)C)[nH]c65)cc3-4)[nH]2)N(C(=O)OC(C)(C)C)C1. The van der Waals surface area contributed by atoms with Gasteiger partial charge < -0.3 is 39.1 Å². The van der Waals surface area contributed by atoms with Gasteiger partial charge in [-0.2, -0.15) is 0 Å². The van der Waals surface area contributed by atoms with E-state index in [1.165, 1.54) is 7.11 Å². The monoisotopic (exact) mass is 791 g/mol. The maximum absolute atomic E-state index is 13.9. The molecular formula is C44H53N7O7. The summed E-state index contributed by atoms with van der Waals surface area (Å²) in [5, 5.41) is 4.75. The highest BCUT2D eigenvalue weighted by Crippen LogP contribution is 2.44. The molecule has 14 heteroatoms. The number of ether oxygens (including phenoxy) is 4. The minimum absolute atomic E-state index is 0.126. The smallest absolute Gasteiger partial charge is 0.410 e. The van der Waals surface area contributed by atoms with Crippen LogP contribution in [0.15, 0.2) is 48.7 Å². The zero-order valence-electron chi connectivity index (χ0n) is 34.5. The number of amides is 3. The summed E-state index contributed by atoms with van der Waals surface area (Å²) in [6.07, 6.45) is 2.32. The van der Waals surface area contributed by atoms with Crippen LogP contribution in [0.4, 0.5) is 9.59 Å². The molecule has 0 radical (unpaired) electrons. The minimum atomic E-state index is -0.715. The van der Waals surface area contributed by atoms with E-state index in [1.54, 1.807) is 12.0 Å². The number of carbonyl (C=O) groups excluding carboxylic acids is 3. The summed E-state index contributed by atoms with van der Waals surface area (Å²) in [6, 6.07) is 13.5. The number of hydrogen-bond acceptors (Lipinski definition) is 9. The molecule has 0 spiro atoms. The van der Waals surface area contributed by atoms with Gasteiger partial charge >= 0.3 is 12.2 Å². The molecule has 3 aliphatic heterocycles. The summed E-state index contributed by atoms with van der Waals surface area (Å²) in [5.41, 5.74) is 6.08. The van der Waals surface area contributed by atoms with Gasteiger partial charge in [0.25, 0.3) is 0 Å². The van der Waals surface area contributed by atoms with Crippen molar-refractivity contribution < 1.29 is 33.3 Å². The number of nitrogens with zero attached hydrogens (tertiary/aromatic N) is 4. The van der Waals surface area contributed by atoms with Crippen LogP contribution in [0.25, 0.3) is 44.2 Å². The Balaban J connectivity index is 1.05. The Morgan fingerprint density at radius 3 is 2.50 bits per heavy atom. The van der Waals surface area contributed by atoms with Crippen molar-refractivity contribution in [2.75, 3.05) is 33.9 Å². The second-order valence-electron chi connectivity index (χ2n) is 17.4. The summed E-state index contributed by atoms with van der Waals surface area (Å²) >= 11 is 0. The van der Waals surface area contributed by atoms with Crippen LogP contribution in [0.1, 0.15) is 83.7 Å². The number of alkyl carbamates (subject to hydrolysis) is 1. The first-order valence-corrected chi connectivity index (χ1v) is 20.1. The molecule has 3 amide bonds. The number of imidazole rings is 2. The third-order valence-corrected chi connectivity index (χ3v) is 11.5. The first kappa shape index (κ1) is 39.2. The number of rotatable bonds is 8. The molecule has 306 valence electrons. The van der Waals surface area contributed by atoms with Crippen LogP contribution in [0.3, 0.4) is 0 Å². The molecule has 0 bridgehead atoms. The van der Waals surface area contributed by atoms with E-state index in [2.05, 4.69) is 58.6 Å². The molecule has 2 saturated heterocycles. The number of hydrogen-bond donors (Lipinski definition) is 3. The van der Waals surface area contributed by atoms with Gasteiger partial charge in [-0.3, -0.25) is 9.69 Å². The molecule has 58 heavy (non-hydrogen) atoms. The third-order valence-electron chi connectivity index (χ3n) is 11.5. The van der Waals surface area contributed by atoms with Gasteiger partial charge in [0.1, 0.15) is 35.6 Å². The highest BCUT2D eigenvalue weighted by Gasteiger charge is 2.41. The van der Waals surface area contributed by atoms with Crippen molar-refractivity contribution in [3.63, 3.8) is 0 Å². The molecule has 8 rings (SSSR count). The standard InChI is InChI=1S/C44H53N7O7/c1-23(2)37(49-42(53)56-8)41(52)50-19-24(3)13-34(50)40-46-32-12-10-26-16-31-29-11-9-27(15-28(29)22-57-36(31)17-30(26)38(32)48-40)33-18-45-39(47-33)35-14-25(21-55-7)20-51(35)43(54)58-44(4,5)6/h9-12,15-18,23-25,34-35,37H,13-14,19-22H2,1-8H3,(H,45,47)(H,46,48)(H,49,53)/t24-,25-,34-,35-,37?/m0/s1. The predicted molar refractivity (Wildman–Crippen MR) is 219 cm³/mol. The molecular weight excluding hydrogens is 739 g/mol. The number of likely N-dealkylation sites (tertiary alicyclic amines) is 2. The van der Waals surface area contributed by atoms with Crippen LogP contribution < -0.4 is 10.1 Å². The van der Waals surface area contributed by atoms with Crippen LogP contribution in [0.2, 0.25) is 0 Å². The summed E-state index contributed by atoms with van der Waals surface area (Å²) in [5.74, 6) is 2.39. The first-order chi connectivity index (χ1) is 27.7. The zero-order chi connectivity index (χ0) is 41.0. The molecule has 0 saturated carbocycles. The normalized spacial score (nSPS) is 20.9. The van der Waals surface area contributed by atoms with Crippen molar-refractivity contribution in [3.05, 3.63) is 65.9 Å². The van der Waals surface area contributed by atoms with Gasteiger partial charge in [-0.1, -0.05) is 39.0 Å². The molecule has 3 aromatic carbocycles. The van der Waals surface area contributed by atoms with Gasteiger partial charge in [0.15, 0.2) is 0 Å². The van der Waals surface area contributed by atoms with Crippen molar-refractivity contribution >= 4 is 39.9 Å². The van der Waals surface area contributed by atoms with Crippen molar-refractivity contribution in [2.24, 2.45) is 17.8 Å². The van der Waals surface area contributed by atoms with E-state index in [-0.39, 0.29) is 41.8 Å². The van der Waals surface area contributed by atoms with E-state index < -0.39 is 17.7 Å². The second kappa shape index (κ2) is 15.3. The van der Waals surface area contributed by atoms with Crippen LogP contribution in [-0.4, -0.2) is 93.4 Å². The largest absolute Gasteiger partial charge is 0.488 e. The van der Waals surface area contributed by atoms with E-state index in [9.17, 15) is 14.4 Å². The molecule has 5 heterocycles. The lowest BCUT2D eigenvalue weighted by Crippen LogP contribution is -2.51. The van der Waals surface area contributed by atoms with Crippen molar-refractivity contribution in [3.8, 4) is 28.1 Å². The van der Waals surface area contributed by atoms with Crippen molar-refractivity contribution in [1.82, 2.24) is 35.1 Å². The number of benzene rings is 3. The van der Waals surface area contributed by atoms with E-state index in [0.29, 0.717) is 26.3 Å². The maximum atomic E-state index is 13.9. The Labute approximate surface area is 338 Å². The first-order valence-electron chi connectivity index (χ1n) is 20.1. The fourth-order valence-corrected chi connectivity index (χ4v) is 8.78. The van der Waals surface area contributed by atoms with Gasteiger partial charge in [0.2, 0.25) is 5.91 Å². The third kappa shape index (κ3) is 7.45. The molecule has 5 atom stereocenters. The number of aromatic nitrogens is 4. The maximum Gasteiger partial charge on any atom is 0.410 e. The molecule has 3 N–H and O–H groups in total. The number of carbonyl (C=O) groups is 3. The highest BCUT2D eigenvalue weighted by molar-refractivity contribution is 6.07. The molecule has 5 aromatic rings. The Bertz CT molecular complexity index is 2380. The fraction of sp³-hybridized carbons (Fsp3) is 0.477. The average Bonchev–Trinajstić information content (AvgIpc) is 4.00. The molecule has 14 nitrogen and oxygen atoms in total. The average molecular weight is 792 g/mol.